The van der Waals surface area contributed by atoms with Crippen LogP contribution in [0.15, 0.2) is 24.3 Å². The molecule has 0 aliphatic heterocycles. The molecule has 0 saturated heterocycles. The molecule has 6 nitrogen and oxygen atoms in total. The van der Waals surface area contributed by atoms with E-state index in [-0.39, 0.29) is 6.54 Å². The number of nitrogens with zero attached hydrogens (tertiary/aromatic N) is 1. The maximum Gasteiger partial charge on any atom is 0.254 e. The van der Waals surface area contributed by atoms with E-state index < -0.39 is 15.9 Å². The molecule has 1 aromatic carbocycles. The van der Waals surface area contributed by atoms with E-state index in [2.05, 4.69) is 0 Å². The van der Waals surface area contributed by atoms with Gasteiger partial charge in [-0.15, -0.1) is 0 Å². The van der Waals surface area contributed by atoms with Gasteiger partial charge in [-0.05, 0) is 24.6 Å². The molecule has 0 aliphatic rings. The second-order valence-corrected chi connectivity index (χ2v) is 5.58. The van der Waals surface area contributed by atoms with E-state index in [1.54, 1.807) is 18.2 Å². The first-order valence-corrected chi connectivity index (χ1v) is 6.73. The van der Waals surface area contributed by atoms with Crippen molar-refractivity contribution >= 4 is 21.6 Å². The van der Waals surface area contributed by atoms with Crippen LogP contribution in [0.1, 0.15) is 5.56 Å². The van der Waals surface area contributed by atoms with E-state index in [9.17, 15) is 13.2 Å². The summed E-state index contributed by atoms with van der Waals surface area (Å²) in [5.41, 5.74) is 3.25. The third-order valence-electron chi connectivity index (χ3n) is 2.14. The van der Waals surface area contributed by atoms with Gasteiger partial charge in [0.15, 0.2) is 0 Å². The normalized spacial score (nSPS) is 11.0. The van der Waals surface area contributed by atoms with Crippen LogP contribution in [-0.2, 0) is 14.8 Å². The minimum Gasteiger partial charge on any atom is -0.293 e. The fourth-order valence-corrected chi connectivity index (χ4v) is 2.21. The van der Waals surface area contributed by atoms with E-state index >= 15 is 0 Å². The number of nitrogens with one attached hydrogen (secondary N) is 1. The van der Waals surface area contributed by atoms with Gasteiger partial charge < -0.3 is 0 Å². The Morgan fingerprint density at radius 1 is 1.47 bits per heavy atom. The molecule has 3 N–H and O–H groups in total. The molecule has 1 aromatic rings. The smallest absolute Gasteiger partial charge is 0.254 e. The Morgan fingerprint density at radius 3 is 2.59 bits per heavy atom. The number of sulfonamides is 1. The predicted molar refractivity (Wildman–Crippen MR) is 65.7 cm³/mol. The Labute approximate surface area is 100 Å². The molecule has 0 fully saturated rings. The summed E-state index contributed by atoms with van der Waals surface area (Å²) in [6, 6.07) is 6.87. The van der Waals surface area contributed by atoms with Gasteiger partial charge in [0.25, 0.3) is 5.91 Å². The summed E-state index contributed by atoms with van der Waals surface area (Å²) < 4.78 is 24.2. The van der Waals surface area contributed by atoms with Crippen molar-refractivity contribution in [3.05, 3.63) is 29.8 Å². The summed E-state index contributed by atoms with van der Waals surface area (Å²) >= 11 is 0. The lowest BCUT2D eigenvalue weighted by Gasteiger charge is -2.21. The molecule has 94 valence electrons. The third kappa shape index (κ3) is 3.72. The van der Waals surface area contributed by atoms with Gasteiger partial charge in [-0.1, -0.05) is 12.1 Å². The summed E-state index contributed by atoms with van der Waals surface area (Å²) in [6.07, 6.45) is 1.04. The second-order valence-electron chi connectivity index (χ2n) is 3.68. The Kier molecular flexibility index (Phi) is 4.08. The highest BCUT2D eigenvalue weighted by atomic mass is 32.2. The molecule has 0 radical (unpaired) electrons. The number of hydrazine groups is 1. The first-order chi connectivity index (χ1) is 7.84. The van der Waals surface area contributed by atoms with E-state index in [4.69, 9.17) is 5.84 Å². The summed E-state index contributed by atoms with van der Waals surface area (Å²) in [7, 11) is -3.52. The zero-order chi connectivity index (χ0) is 13.1. The molecule has 1 rings (SSSR count). The van der Waals surface area contributed by atoms with Crippen LogP contribution in [-0.4, -0.2) is 27.1 Å². The molecule has 1 amide bonds. The van der Waals surface area contributed by atoms with Crippen molar-refractivity contribution in [2.45, 2.75) is 6.92 Å². The number of carbonyl (C=O) groups is 1. The SMILES string of the molecule is Cc1cccc(N(CC(=O)NN)S(C)(=O)=O)c1. The molecule has 0 heterocycles. The Morgan fingerprint density at radius 2 is 2.12 bits per heavy atom. The van der Waals surface area contributed by atoms with Crippen LogP contribution >= 0.6 is 0 Å². The monoisotopic (exact) mass is 257 g/mol. The topological polar surface area (TPSA) is 92.5 Å². The van der Waals surface area contributed by atoms with Crippen molar-refractivity contribution in [3.8, 4) is 0 Å². The van der Waals surface area contributed by atoms with Crippen LogP contribution in [0.5, 0.6) is 0 Å². The van der Waals surface area contributed by atoms with Crippen molar-refractivity contribution < 1.29 is 13.2 Å². The van der Waals surface area contributed by atoms with Crippen molar-refractivity contribution in [1.29, 1.82) is 0 Å². The number of aryl methyl sites for hydroxylation is 1. The Hall–Kier alpha value is -1.60. The molecular formula is C10H15N3O3S. The van der Waals surface area contributed by atoms with Gasteiger partial charge in [-0.2, -0.15) is 0 Å². The lowest BCUT2D eigenvalue weighted by atomic mass is 10.2. The summed E-state index contributed by atoms with van der Waals surface area (Å²) in [5.74, 6) is 4.38. The van der Waals surface area contributed by atoms with Crippen molar-refractivity contribution in [3.63, 3.8) is 0 Å². The summed E-state index contributed by atoms with van der Waals surface area (Å²) in [4.78, 5) is 11.2. The summed E-state index contributed by atoms with van der Waals surface area (Å²) in [5, 5.41) is 0. The molecule has 0 saturated carbocycles. The van der Waals surface area contributed by atoms with Gasteiger partial charge in [0.1, 0.15) is 6.54 Å². The fourth-order valence-electron chi connectivity index (χ4n) is 1.36. The highest BCUT2D eigenvalue weighted by molar-refractivity contribution is 7.92. The molecule has 0 spiro atoms. The second kappa shape index (κ2) is 5.15. The average Bonchev–Trinajstić information content (AvgIpc) is 2.23. The molecule has 0 aromatic heterocycles. The van der Waals surface area contributed by atoms with Gasteiger partial charge in [-0.3, -0.25) is 14.5 Å². The number of benzene rings is 1. The molecule has 0 atom stereocenters. The lowest BCUT2D eigenvalue weighted by Crippen LogP contribution is -2.42. The van der Waals surface area contributed by atoms with Gasteiger partial charge in [-0.25, -0.2) is 14.3 Å². The number of hydrogen-bond donors (Lipinski definition) is 2. The number of anilines is 1. The molecule has 7 heteroatoms. The number of amides is 1. The maximum atomic E-state index is 11.6. The minimum absolute atomic E-state index is 0.335. The Balaban J connectivity index is 3.12. The van der Waals surface area contributed by atoms with E-state index in [1.807, 2.05) is 18.4 Å². The zero-order valence-electron chi connectivity index (χ0n) is 9.67. The molecule has 0 bridgehead atoms. The lowest BCUT2D eigenvalue weighted by molar-refractivity contribution is -0.119. The maximum absolute atomic E-state index is 11.6. The largest absolute Gasteiger partial charge is 0.293 e. The number of rotatable bonds is 4. The Bertz CT molecular complexity index is 513. The molecule has 0 unspecified atom stereocenters. The van der Waals surface area contributed by atoms with Crippen LogP contribution in [0.4, 0.5) is 5.69 Å². The van der Waals surface area contributed by atoms with E-state index in [1.165, 1.54) is 0 Å². The van der Waals surface area contributed by atoms with Crippen molar-refractivity contribution in [1.82, 2.24) is 5.43 Å². The summed E-state index contributed by atoms with van der Waals surface area (Å²) in [6.45, 7) is 1.51. The van der Waals surface area contributed by atoms with Gasteiger partial charge >= 0.3 is 0 Å². The molecule has 0 aliphatic carbocycles. The highest BCUT2D eigenvalue weighted by Crippen LogP contribution is 2.18. The van der Waals surface area contributed by atoms with Gasteiger partial charge in [0, 0.05) is 0 Å². The number of nitrogens with two attached hydrogens (primary N) is 1. The molecule has 17 heavy (non-hydrogen) atoms. The third-order valence-corrected chi connectivity index (χ3v) is 3.28. The first-order valence-electron chi connectivity index (χ1n) is 4.88. The fraction of sp³-hybridized carbons (Fsp3) is 0.300. The number of hydrogen-bond acceptors (Lipinski definition) is 4. The standard InChI is InChI=1S/C10H15N3O3S/c1-8-4-3-5-9(6-8)13(17(2,15)16)7-10(14)12-11/h3-6H,7,11H2,1-2H3,(H,12,14). The quantitative estimate of drug-likeness (QED) is 0.442. The van der Waals surface area contributed by atoms with Crippen LogP contribution in [0, 0.1) is 6.92 Å². The van der Waals surface area contributed by atoms with E-state index in [0.717, 1.165) is 16.1 Å². The van der Waals surface area contributed by atoms with Crippen LogP contribution in [0.2, 0.25) is 0 Å². The van der Waals surface area contributed by atoms with Crippen LogP contribution in [0.25, 0.3) is 0 Å². The van der Waals surface area contributed by atoms with Crippen LogP contribution in [0.3, 0.4) is 0 Å². The van der Waals surface area contributed by atoms with Crippen molar-refractivity contribution in [2.75, 3.05) is 17.1 Å². The van der Waals surface area contributed by atoms with Crippen molar-refractivity contribution in [2.24, 2.45) is 5.84 Å². The van der Waals surface area contributed by atoms with Crippen LogP contribution < -0.4 is 15.6 Å². The first kappa shape index (κ1) is 13.5. The average molecular weight is 257 g/mol. The minimum atomic E-state index is -3.52. The van der Waals surface area contributed by atoms with E-state index in [0.29, 0.717) is 5.69 Å². The predicted octanol–water partition coefficient (Wildman–Crippen LogP) is -0.249. The highest BCUT2D eigenvalue weighted by Gasteiger charge is 2.20. The van der Waals surface area contributed by atoms with Gasteiger partial charge in [0.2, 0.25) is 10.0 Å². The number of carbonyl (C=O) groups excluding carboxylic acids is 1. The van der Waals surface area contributed by atoms with Gasteiger partial charge in [0.05, 0.1) is 11.9 Å². The zero-order valence-corrected chi connectivity index (χ0v) is 10.5. The molecular weight excluding hydrogens is 242 g/mol.